The fourth-order valence-corrected chi connectivity index (χ4v) is 0.284. The SMILES string of the molecule is CC(=O)OCC(C)C.O=CO. The van der Waals surface area contributed by atoms with Crippen molar-refractivity contribution in [1.82, 2.24) is 0 Å². The molecule has 0 radical (unpaired) electrons. The van der Waals surface area contributed by atoms with Gasteiger partial charge in [-0.15, -0.1) is 0 Å². The van der Waals surface area contributed by atoms with Gasteiger partial charge < -0.3 is 9.84 Å². The average Bonchev–Trinajstić information content (AvgIpc) is 1.85. The molecular formula is C7H14O4. The first-order valence-corrected chi connectivity index (χ1v) is 3.25. The molecule has 0 aliphatic carbocycles. The number of carbonyl (C=O) groups excluding carboxylic acids is 1. The van der Waals surface area contributed by atoms with Gasteiger partial charge in [-0.25, -0.2) is 0 Å². The molecule has 0 rings (SSSR count). The largest absolute Gasteiger partial charge is 0.483 e. The molecule has 11 heavy (non-hydrogen) atoms. The first-order valence-electron chi connectivity index (χ1n) is 3.25. The van der Waals surface area contributed by atoms with Gasteiger partial charge in [0.15, 0.2) is 0 Å². The molecule has 0 unspecified atom stereocenters. The van der Waals surface area contributed by atoms with Gasteiger partial charge in [0.25, 0.3) is 6.47 Å². The van der Waals surface area contributed by atoms with Gasteiger partial charge in [-0.05, 0) is 5.92 Å². The molecule has 0 fully saturated rings. The van der Waals surface area contributed by atoms with E-state index in [1.54, 1.807) is 0 Å². The number of rotatable bonds is 2. The predicted octanol–water partition coefficient (Wildman–Crippen LogP) is 0.906. The van der Waals surface area contributed by atoms with E-state index in [1.165, 1.54) is 6.92 Å². The highest BCUT2D eigenvalue weighted by Crippen LogP contribution is 1.91. The second-order valence-electron chi connectivity index (χ2n) is 2.30. The summed E-state index contributed by atoms with van der Waals surface area (Å²) in [6.45, 7) is 5.71. The quantitative estimate of drug-likeness (QED) is 0.484. The molecule has 0 saturated heterocycles. The Morgan fingerprint density at radius 2 is 2.00 bits per heavy atom. The van der Waals surface area contributed by atoms with Crippen LogP contribution in [0.25, 0.3) is 0 Å². The van der Waals surface area contributed by atoms with Crippen molar-refractivity contribution in [3.8, 4) is 0 Å². The number of esters is 1. The van der Waals surface area contributed by atoms with Crippen LogP contribution in [0.15, 0.2) is 0 Å². The van der Waals surface area contributed by atoms with E-state index in [9.17, 15) is 4.79 Å². The van der Waals surface area contributed by atoms with Crippen molar-refractivity contribution in [1.29, 1.82) is 0 Å². The van der Waals surface area contributed by atoms with Crippen LogP contribution < -0.4 is 0 Å². The molecule has 0 aromatic carbocycles. The third-order valence-electron chi connectivity index (χ3n) is 0.620. The maximum atomic E-state index is 10.1. The van der Waals surface area contributed by atoms with Crippen molar-refractivity contribution in [2.75, 3.05) is 6.61 Å². The van der Waals surface area contributed by atoms with Crippen molar-refractivity contribution in [2.24, 2.45) is 5.92 Å². The zero-order valence-electron chi connectivity index (χ0n) is 7.03. The normalized spacial score (nSPS) is 8.00. The summed E-state index contributed by atoms with van der Waals surface area (Å²) in [5.41, 5.74) is 0. The summed E-state index contributed by atoms with van der Waals surface area (Å²) in [6.07, 6.45) is 0. The second-order valence-corrected chi connectivity index (χ2v) is 2.30. The lowest BCUT2D eigenvalue weighted by Crippen LogP contribution is -2.05. The first-order chi connectivity index (χ1) is 5.04. The molecule has 0 aromatic rings. The summed E-state index contributed by atoms with van der Waals surface area (Å²) in [7, 11) is 0. The van der Waals surface area contributed by atoms with Gasteiger partial charge in [-0.2, -0.15) is 0 Å². The van der Waals surface area contributed by atoms with E-state index >= 15 is 0 Å². The maximum Gasteiger partial charge on any atom is 0.302 e. The molecule has 0 aliphatic heterocycles. The molecule has 66 valence electrons. The number of carboxylic acid groups (broad SMARTS) is 1. The highest BCUT2D eigenvalue weighted by atomic mass is 16.5. The minimum absolute atomic E-state index is 0.196. The van der Waals surface area contributed by atoms with Crippen LogP contribution >= 0.6 is 0 Å². The van der Waals surface area contributed by atoms with Crippen molar-refractivity contribution < 1.29 is 19.4 Å². The zero-order chi connectivity index (χ0) is 9.28. The van der Waals surface area contributed by atoms with Gasteiger partial charge in [0, 0.05) is 6.92 Å². The van der Waals surface area contributed by atoms with E-state index in [1.807, 2.05) is 13.8 Å². The average molecular weight is 162 g/mol. The summed E-state index contributed by atoms with van der Waals surface area (Å²) in [4.78, 5) is 18.5. The number of hydrogen-bond donors (Lipinski definition) is 1. The van der Waals surface area contributed by atoms with Crippen LogP contribution in [0.2, 0.25) is 0 Å². The third-order valence-corrected chi connectivity index (χ3v) is 0.620. The minimum Gasteiger partial charge on any atom is -0.483 e. The van der Waals surface area contributed by atoms with Crippen LogP contribution in [-0.2, 0) is 14.3 Å². The summed E-state index contributed by atoms with van der Waals surface area (Å²) in [6, 6.07) is 0. The molecule has 0 heterocycles. The topological polar surface area (TPSA) is 63.6 Å². The minimum atomic E-state index is -0.250. The number of hydrogen-bond acceptors (Lipinski definition) is 3. The fourth-order valence-electron chi connectivity index (χ4n) is 0.284. The fraction of sp³-hybridized carbons (Fsp3) is 0.714. The van der Waals surface area contributed by atoms with Crippen LogP contribution in [0.5, 0.6) is 0 Å². The van der Waals surface area contributed by atoms with Gasteiger partial charge in [0.1, 0.15) is 0 Å². The lowest BCUT2D eigenvalue weighted by Gasteiger charge is -2.02. The van der Waals surface area contributed by atoms with Gasteiger partial charge in [-0.1, -0.05) is 13.8 Å². The summed E-state index contributed by atoms with van der Waals surface area (Å²) < 4.78 is 4.66. The molecule has 0 bridgehead atoms. The highest BCUT2D eigenvalue weighted by Gasteiger charge is 1.94. The number of carbonyl (C=O) groups is 2. The Morgan fingerprint density at radius 3 is 2.09 bits per heavy atom. The summed E-state index contributed by atoms with van der Waals surface area (Å²) >= 11 is 0. The van der Waals surface area contributed by atoms with Crippen molar-refractivity contribution >= 4 is 12.4 Å². The second kappa shape index (κ2) is 8.94. The molecule has 0 aliphatic rings. The van der Waals surface area contributed by atoms with E-state index in [-0.39, 0.29) is 12.4 Å². The Labute approximate surface area is 66.2 Å². The van der Waals surface area contributed by atoms with Crippen LogP contribution in [0.3, 0.4) is 0 Å². The molecule has 1 N–H and O–H groups in total. The smallest absolute Gasteiger partial charge is 0.302 e. The van der Waals surface area contributed by atoms with Gasteiger partial charge in [0.2, 0.25) is 0 Å². The lowest BCUT2D eigenvalue weighted by atomic mass is 10.2. The van der Waals surface area contributed by atoms with E-state index < -0.39 is 0 Å². The first kappa shape index (κ1) is 12.6. The summed E-state index contributed by atoms with van der Waals surface area (Å²) in [5, 5.41) is 6.89. The van der Waals surface area contributed by atoms with Crippen LogP contribution in [0, 0.1) is 5.92 Å². The molecule has 0 saturated carbocycles. The standard InChI is InChI=1S/C6H12O2.CH2O2/c1-5(2)4-8-6(3)7;2-1-3/h5H,4H2,1-3H3;1H,(H,2,3). The Hall–Kier alpha value is -1.06. The van der Waals surface area contributed by atoms with Gasteiger partial charge >= 0.3 is 5.97 Å². The zero-order valence-corrected chi connectivity index (χ0v) is 7.03. The Morgan fingerprint density at radius 1 is 1.64 bits per heavy atom. The Balaban J connectivity index is 0. The molecule has 0 atom stereocenters. The van der Waals surface area contributed by atoms with Crippen LogP contribution in [0.1, 0.15) is 20.8 Å². The molecular weight excluding hydrogens is 148 g/mol. The molecule has 0 spiro atoms. The maximum absolute atomic E-state index is 10.1. The molecule has 0 aromatic heterocycles. The van der Waals surface area contributed by atoms with Gasteiger partial charge in [-0.3, -0.25) is 9.59 Å². The summed E-state index contributed by atoms with van der Waals surface area (Å²) in [5.74, 6) is 0.248. The number of ether oxygens (including phenoxy) is 1. The van der Waals surface area contributed by atoms with E-state index in [4.69, 9.17) is 9.90 Å². The van der Waals surface area contributed by atoms with Crippen molar-refractivity contribution in [2.45, 2.75) is 20.8 Å². The predicted molar refractivity (Wildman–Crippen MR) is 40.2 cm³/mol. The Kier molecular flexibility index (Phi) is 10.2. The van der Waals surface area contributed by atoms with E-state index in [0.29, 0.717) is 12.5 Å². The molecule has 0 amide bonds. The lowest BCUT2D eigenvalue weighted by molar-refractivity contribution is -0.142. The molecule has 4 heteroatoms. The van der Waals surface area contributed by atoms with Crippen LogP contribution in [0.4, 0.5) is 0 Å². The van der Waals surface area contributed by atoms with Crippen LogP contribution in [-0.4, -0.2) is 24.2 Å². The third kappa shape index (κ3) is 27.7. The monoisotopic (exact) mass is 162 g/mol. The van der Waals surface area contributed by atoms with Gasteiger partial charge in [0.05, 0.1) is 6.61 Å². The van der Waals surface area contributed by atoms with E-state index in [0.717, 1.165) is 0 Å². The van der Waals surface area contributed by atoms with Crippen molar-refractivity contribution in [3.05, 3.63) is 0 Å². The Bertz CT molecular complexity index is 109. The highest BCUT2D eigenvalue weighted by molar-refractivity contribution is 5.65. The van der Waals surface area contributed by atoms with Crippen molar-refractivity contribution in [3.63, 3.8) is 0 Å². The molecule has 4 nitrogen and oxygen atoms in total. The van der Waals surface area contributed by atoms with E-state index in [2.05, 4.69) is 4.74 Å².